The Kier molecular flexibility index (Phi) is 5.13. The van der Waals surface area contributed by atoms with Gasteiger partial charge in [0.15, 0.2) is 0 Å². The highest BCUT2D eigenvalue weighted by Crippen LogP contribution is 2.38. The summed E-state index contributed by atoms with van der Waals surface area (Å²) in [5.41, 5.74) is 2.38. The van der Waals surface area contributed by atoms with Crippen molar-refractivity contribution in [2.24, 2.45) is 0 Å². The van der Waals surface area contributed by atoms with Crippen LogP contribution in [0.1, 0.15) is 26.7 Å². The second-order valence-corrected chi connectivity index (χ2v) is 6.70. The fraction of sp³-hybridized carbons (Fsp3) is 0.333. The SMILES string of the molecule is CCCN(CCC)c1nc(Cl)nc2scc(-c3ccccc3)c12. The predicted molar refractivity (Wildman–Crippen MR) is 101 cm³/mol. The van der Waals surface area contributed by atoms with Crippen LogP contribution >= 0.6 is 22.9 Å². The Bertz CT molecular complexity index is 780. The van der Waals surface area contributed by atoms with Crippen molar-refractivity contribution in [3.05, 3.63) is 41.0 Å². The summed E-state index contributed by atoms with van der Waals surface area (Å²) in [6.45, 7) is 6.32. The Morgan fingerprint density at radius 2 is 1.74 bits per heavy atom. The zero-order chi connectivity index (χ0) is 16.2. The molecule has 23 heavy (non-hydrogen) atoms. The molecule has 0 unspecified atom stereocenters. The molecule has 0 aliphatic rings. The standard InChI is InChI=1S/C18H20ClN3S/c1-3-10-22(11-4-2)16-15-14(13-8-6-5-7-9-13)12-23-17(15)21-18(19)20-16/h5-9,12H,3-4,10-11H2,1-2H3. The molecule has 1 aromatic carbocycles. The number of thiophene rings is 1. The van der Waals surface area contributed by atoms with Crippen LogP contribution in [0.3, 0.4) is 0 Å². The van der Waals surface area contributed by atoms with Gasteiger partial charge in [-0.1, -0.05) is 44.2 Å². The lowest BCUT2D eigenvalue weighted by molar-refractivity contribution is 0.736. The van der Waals surface area contributed by atoms with Gasteiger partial charge < -0.3 is 4.90 Å². The molecule has 0 N–H and O–H groups in total. The topological polar surface area (TPSA) is 29.0 Å². The van der Waals surface area contributed by atoms with E-state index in [1.54, 1.807) is 11.3 Å². The van der Waals surface area contributed by atoms with Crippen molar-refractivity contribution in [3.63, 3.8) is 0 Å². The van der Waals surface area contributed by atoms with E-state index in [1.165, 1.54) is 11.1 Å². The zero-order valence-electron chi connectivity index (χ0n) is 13.4. The molecule has 2 aromatic heterocycles. The van der Waals surface area contributed by atoms with Crippen LogP contribution in [-0.2, 0) is 0 Å². The molecule has 0 bridgehead atoms. The van der Waals surface area contributed by atoms with E-state index in [0.717, 1.165) is 42.0 Å². The third kappa shape index (κ3) is 3.33. The summed E-state index contributed by atoms with van der Waals surface area (Å²) in [6.07, 6.45) is 2.15. The molecule has 0 spiro atoms. The molecule has 0 radical (unpaired) electrons. The number of halogens is 1. The van der Waals surface area contributed by atoms with Crippen LogP contribution in [0.2, 0.25) is 5.28 Å². The van der Waals surface area contributed by atoms with Gasteiger partial charge in [-0.2, -0.15) is 4.98 Å². The third-order valence-electron chi connectivity index (χ3n) is 3.76. The zero-order valence-corrected chi connectivity index (χ0v) is 15.0. The molecule has 0 aliphatic carbocycles. The van der Waals surface area contributed by atoms with Crippen LogP contribution in [0.15, 0.2) is 35.7 Å². The predicted octanol–water partition coefficient (Wildman–Crippen LogP) is 5.64. The molecule has 3 aromatic rings. The molecule has 120 valence electrons. The summed E-state index contributed by atoms with van der Waals surface area (Å²) in [5, 5.41) is 3.60. The first-order chi connectivity index (χ1) is 11.2. The Balaban J connectivity index is 2.21. The number of hydrogen-bond donors (Lipinski definition) is 0. The lowest BCUT2D eigenvalue weighted by Crippen LogP contribution is -2.26. The molecule has 0 fully saturated rings. The maximum absolute atomic E-state index is 6.18. The molecular weight excluding hydrogens is 326 g/mol. The molecule has 0 amide bonds. The van der Waals surface area contributed by atoms with Gasteiger partial charge in [-0.25, -0.2) is 4.98 Å². The number of fused-ring (bicyclic) bond motifs is 1. The summed E-state index contributed by atoms with van der Waals surface area (Å²) in [5.74, 6) is 0.962. The van der Waals surface area contributed by atoms with Crippen LogP contribution in [0, 0.1) is 0 Å². The molecule has 0 saturated carbocycles. The average molecular weight is 346 g/mol. The van der Waals surface area contributed by atoms with E-state index in [4.69, 9.17) is 11.6 Å². The fourth-order valence-electron chi connectivity index (χ4n) is 2.82. The highest BCUT2D eigenvalue weighted by atomic mass is 35.5. The monoisotopic (exact) mass is 345 g/mol. The van der Waals surface area contributed by atoms with Crippen LogP contribution in [0.25, 0.3) is 21.3 Å². The average Bonchev–Trinajstić information content (AvgIpc) is 2.98. The number of hydrogen-bond acceptors (Lipinski definition) is 4. The summed E-state index contributed by atoms with van der Waals surface area (Å²) >= 11 is 7.81. The first kappa shape index (κ1) is 16.2. The smallest absolute Gasteiger partial charge is 0.225 e. The number of aromatic nitrogens is 2. The van der Waals surface area contributed by atoms with Crippen molar-refractivity contribution in [2.75, 3.05) is 18.0 Å². The summed E-state index contributed by atoms with van der Waals surface area (Å²) in [4.78, 5) is 12.3. The first-order valence-corrected chi connectivity index (χ1v) is 9.25. The van der Waals surface area contributed by atoms with E-state index in [0.29, 0.717) is 5.28 Å². The Labute approximate surface area is 146 Å². The van der Waals surface area contributed by atoms with Gasteiger partial charge in [-0.05, 0) is 30.0 Å². The number of anilines is 1. The molecule has 0 saturated heterocycles. The largest absolute Gasteiger partial charge is 0.356 e. The maximum atomic E-state index is 6.18. The molecule has 0 atom stereocenters. The van der Waals surface area contributed by atoms with Gasteiger partial charge in [-0.15, -0.1) is 11.3 Å². The molecule has 0 aliphatic heterocycles. The van der Waals surface area contributed by atoms with Crippen LogP contribution < -0.4 is 4.90 Å². The Morgan fingerprint density at radius 1 is 1.04 bits per heavy atom. The van der Waals surface area contributed by atoms with Crippen LogP contribution in [-0.4, -0.2) is 23.1 Å². The Hall–Kier alpha value is -1.65. The lowest BCUT2D eigenvalue weighted by atomic mass is 10.1. The van der Waals surface area contributed by atoms with Gasteiger partial charge >= 0.3 is 0 Å². The highest BCUT2D eigenvalue weighted by molar-refractivity contribution is 7.17. The van der Waals surface area contributed by atoms with Crippen LogP contribution in [0.4, 0.5) is 5.82 Å². The minimum Gasteiger partial charge on any atom is -0.356 e. The van der Waals surface area contributed by atoms with Crippen molar-refractivity contribution in [1.82, 2.24) is 9.97 Å². The van der Waals surface area contributed by atoms with Crippen molar-refractivity contribution in [2.45, 2.75) is 26.7 Å². The second kappa shape index (κ2) is 7.28. The molecule has 3 rings (SSSR count). The fourth-order valence-corrected chi connectivity index (χ4v) is 3.98. The minimum atomic E-state index is 0.325. The van der Waals surface area contributed by atoms with E-state index >= 15 is 0 Å². The van der Waals surface area contributed by atoms with E-state index in [1.807, 2.05) is 6.07 Å². The minimum absolute atomic E-state index is 0.325. The van der Waals surface area contributed by atoms with E-state index in [-0.39, 0.29) is 0 Å². The summed E-state index contributed by atoms with van der Waals surface area (Å²) in [6, 6.07) is 10.4. The molecule has 5 heteroatoms. The number of benzene rings is 1. The van der Waals surface area contributed by atoms with Crippen LogP contribution in [0.5, 0.6) is 0 Å². The second-order valence-electron chi connectivity index (χ2n) is 5.50. The number of nitrogens with zero attached hydrogens (tertiary/aromatic N) is 3. The van der Waals surface area contributed by atoms with Crippen molar-refractivity contribution >= 4 is 39.0 Å². The van der Waals surface area contributed by atoms with E-state index in [2.05, 4.69) is 58.4 Å². The van der Waals surface area contributed by atoms with Gasteiger partial charge in [0.05, 0.1) is 5.39 Å². The summed E-state index contributed by atoms with van der Waals surface area (Å²) in [7, 11) is 0. The quantitative estimate of drug-likeness (QED) is 0.541. The van der Waals surface area contributed by atoms with Gasteiger partial charge in [0.2, 0.25) is 5.28 Å². The molecule has 3 nitrogen and oxygen atoms in total. The normalized spacial score (nSPS) is 11.1. The van der Waals surface area contributed by atoms with E-state index in [9.17, 15) is 0 Å². The molecular formula is C18H20ClN3S. The van der Waals surface area contributed by atoms with Crippen molar-refractivity contribution in [1.29, 1.82) is 0 Å². The number of rotatable bonds is 6. The van der Waals surface area contributed by atoms with Crippen molar-refractivity contribution in [3.8, 4) is 11.1 Å². The van der Waals surface area contributed by atoms with Gasteiger partial charge in [0.1, 0.15) is 10.6 Å². The molecule has 2 heterocycles. The van der Waals surface area contributed by atoms with Crippen molar-refractivity contribution < 1.29 is 0 Å². The van der Waals surface area contributed by atoms with Gasteiger partial charge in [0, 0.05) is 24.0 Å². The Morgan fingerprint density at radius 3 is 2.39 bits per heavy atom. The third-order valence-corrected chi connectivity index (χ3v) is 4.80. The van der Waals surface area contributed by atoms with E-state index < -0.39 is 0 Å². The van der Waals surface area contributed by atoms with Gasteiger partial charge in [0.25, 0.3) is 0 Å². The maximum Gasteiger partial charge on any atom is 0.225 e. The highest BCUT2D eigenvalue weighted by Gasteiger charge is 2.18. The first-order valence-electron chi connectivity index (χ1n) is 7.99. The van der Waals surface area contributed by atoms with Gasteiger partial charge in [-0.3, -0.25) is 0 Å². The lowest BCUT2D eigenvalue weighted by Gasteiger charge is -2.23. The summed E-state index contributed by atoms with van der Waals surface area (Å²) < 4.78 is 0.